The highest BCUT2D eigenvalue weighted by molar-refractivity contribution is 6.30. The number of carbonyl (C=O) groups is 1. The van der Waals surface area contributed by atoms with E-state index in [0.717, 1.165) is 12.8 Å². The molecule has 8 heteroatoms. The molecule has 1 aromatic heterocycles. The highest BCUT2D eigenvalue weighted by atomic mass is 35.5. The molecule has 0 bridgehead atoms. The number of anilines is 1. The van der Waals surface area contributed by atoms with E-state index in [1.807, 2.05) is 0 Å². The Morgan fingerprint density at radius 1 is 1.27 bits per heavy atom. The minimum Gasteiger partial charge on any atom is -0.324 e. The smallest absolute Gasteiger partial charge is 0.324 e. The van der Waals surface area contributed by atoms with Crippen molar-refractivity contribution in [3.63, 3.8) is 0 Å². The van der Waals surface area contributed by atoms with Crippen LogP contribution in [0.5, 0.6) is 0 Å². The van der Waals surface area contributed by atoms with Crippen LogP contribution >= 0.6 is 11.6 Å². The Bertz CT molecular complexity index is 701. The molecule has 1 fully saturated rings. The van der Waals surface area contributed by atoms with Crippen LogP contribution in [0.3, 0.4) is 0 Å². The van der Waals surface area contributed by atoms with Crippen molar-refractivity contribution in [3.8, 4) is 0 Å². The third-order valence-corrected chi connectivity index (χ3v) is 4.04. The lowest BCUT2D eigenvalue weighted by atomic mass is 9.96. The van der Waals surface area contributed by atoms with Gasteiger partial charge in [0, 0.05) is 29.7 Å². The average Bonchev–Trinajstić information content (AvgIpc) is 2.96. The van der Waals surface area contributed by atoms with Gasteiger partial charge in [0.25, 0.3) is 0 Å². The molecule has 116 valence electrons. The molecule has 3 N–H and O–H groups in total. The number of likely N-dealkylation sites (tertiary alicyclic amines) is 1. The third-order valence-electron chi connectivity index (χ3n) is 3.78. The molecule has 1 aliphatic rings. The lowest BCUT2D eigenvalue weighted by molar-refractivity contribution is 0.193. The molecule has 22 heavy (non-hydrogen) atoms. The number of halogens is 1. The van der Waals surface area contributed by atoms with Crippen molar-refractivity contribution in [2.45, 2.75) is 18.8 Å². The van der Waals surface area contributed by atoms with Gasteiger partial charge in [-0.25, -0.2) is 14.7 Å². The Hall–Kier alpha value is -2.28. The fourth-order valence-corrected chi connectivity index (χ4v) is 2.69. The van der Waals surface area contributed by atoms with Gasteiger partial charge in [-0.15, -0.1) is 0 Å². The first kappa shape index (κ1) is 14.6. The molecule has 2 heterocycles. The van der Waals surface area contributed by atoms with Crippen LogP contribution in [0.4, 0.5) is 10.5 Å². The van der Waals surface area contributed by atoms with Crippen LogP contribution < -0.4 is 11.0 Å². The van der Waals surface area contributed by atoms with Gasteiger partial charge >= 0.3 is 11.7 Å². The topological polar surface area (TPSA) is 93.9 Å². The summed E-state index contributed by atoms with van der Waals surface area (Å²) in [6.45, 7) is 1.25. The summed E-state index contributed by atoms with van der Waals surface area (Å²) in [5.41, 5.74) is 0.422. The summed E-state index contributed by atoms with van der Waals surface area (Å²) in [5, 5.41) is 9.81. The quantitative estimate of drug-likeness (QED) is 0.791. The van der Waals surface area contributed by atoms with Crippen molar-refractivity contribution in [1.82, 2.24) is 20.1 Å². The van der Waals surface area contributed by atoms with Crippen LogP contribution in [0.15, 0.2) is 29.1 Å². The van der Waals surface area contributed by atoms with Crippen LogP contribution in [0.1, 0.15) is 24.6 Å². The summed E-state index contributed by atoms with van der Waals surface area (Å²) < 4.78 is 0. The van der Waals surface area contributed by atoms with Crippen molar-refractivity contribution in [2.24, 2.45) is 0 Å². The number of piperidine rings is 1. The zero-order valence-electron chi connectivity index (χ0n) is 11.8. The molecule has 0 saturated carbocycles. The van der Waals surface area contributed by atoms with Gasteiger partial charge in [0.2, 0.25) is 0 Å². The van der Waals surface area contributed by atoms with Crippen LogP contribution in [0.25, 0.3) is 0 Å². The molecule has 1 aromatic carbocycles. The van der Waals surface area contributed by atoms with Gasteiger partial charge in [0.1, 0.15) is 5.82 Å². The predicted octanol–water partition coefficient (Wildman–Crippen LogP) is 2.16. The molecule has 2 aromatic rings. The zero-order chi connectivity index (χ0) is 15.5. The van der Waals surface area contributed by atoms with E-state index in [1.54, 1.807) is 29.2 Å². The van der Waals surface area contributed by atoms with Gasteiger partial charge in [0.15, 0.2) is 0 Å². The first-order chi connectivity index (χ1) is 10.6. The number of aromatic nitrogens is 3. The van der Waals surface area contributed by atoms with Crippen molar-refractivity contribution >= 4 is 23.3 Å². The van der Waals surface area contributed by atoms with Crippen LogP contribution in [-0.4, -0.2) is 39.2 Å². The second kappa shape index (κ2) is 6.23. The normalized spacial score (nSPS) is 15.8. The molecule has 0 radical (unpaired) electrons. The number of rotatable bonds is 2. The van der Waals surface area contributed by atoms with E-state index in [1.165, 1.54) is 0 Å². The largest absolute Gasteiger partial charge is 0.340 e. The summed E-state index contributed by atoms with van der Waals surface area (Å²) in [6, 6.07) is 6.87. The number of amides is 2. The minimum atomic E-state index is -0.294. The standard InChI is InChI=1S/C14H16ClN5O2/c15-10-1-3-11(4-2-10)16-14(22)20-7-5-9(6-8-20)12-17-13(21)19-18-12/h1-4,9H,5-8H2,(H,16,22)(H2,17,18,19,21). The lowest BCUT2D eigenvalue weighted by Gasteiger charge is -2.30. The zero-order valence-corrected chi connectivity index (χ0v) is 12.6. The van der Waals surface area contributed by atoms with Crippen LogP contribution in [0, 0.1) is 0 Å². The number of nitrogens with one attached hydrogen (secondary N) is 3. The van der Waals surface area contributed by atoms with E-state index >= 15 is 0 Å². The van der Waals surface area contributed by atoms with Gasteiger partial charge in [-0.3, -0.25) is 4.98 Å². The van der Waals surface area contributed by atoms with Gasteiger partial charge in [-0.05, 0) is 37.1 Å². The second-order valence-corrected chi connectivity index (χ2v) is 5.70. The Morgan fingerprint density at radius 3 is 2.55 bits per heavy atom. The lowest BCUT2D eigenvalue weighted by Crippen LogP contribution is -2.40. The van der Waals surface area contributed by atoms with E-state index in [2.05, 4.69) is 20.5 Å². The number of benzene rings is 1. The van der Waals surface area contributed by atoms with Gasteiger partial charge in [0.05, 0.1) is 0 Å². The van der Waals surface area contributed by atoms with E-state index in [9.17, 15) is 9.59 Å². The third kappa shape index (κ3) is 3.30. The van der Waals surface area contributed by atoms with Crippen molar-refractivity contribution in [2.75, 3.05) is 18.4 Å². The van der Waals surface area contributed by atoms with E-state index in [-0.39, 0.29) is 17.6 Å². The number of hydrogen-bond acceptors (Lipinski definition) is 3. The Morgan fingerprint density at radius 2 is 1.95 bits per heavy atom. The van der Waals surface area contributed by atoms with Crippen molar-refractivity contribution in [3.05, 3.63) is 45.6 Å². The summed E-state index contributed by atoms with van der Waals surface area (Å²) in [5.74, 6) is 0.848. The molecule has 3 rings (SSSR count). The summed E-state index contributed by atoms with van der Waals surface area (Å²) in [4.78, 5) is 27.7. The molecule has 0 unspecified atom stereocenters. The summed E-state index contributed by atoms with van der Waals surface area (Å²) >= 11 is 5.82. The second-order valence-electron chi connectivity index (χ2n) is 5.26. The maximum absolute atomic E-state index is 12.2. The number of hydrogen-bond donors (Lipinski definition) is 3. The molecule has 7 nitrogen and oxygen atoms in total. The number of nitrogens with zero attached hydrogens (tertiary/aromatic N) is 2. The Kier molecular flexibility index (Phi) is 4.15. The number of aromatic amines is 2. The highest BCUT2D eigenvalue weighted by Gasteiger charge is 2.25. The highest BCUT2D eigenvalue weighted by Crippen LogP contribution is 2.25. The molecule has 0 spiro atoms. The first-order valence-corrected chi connectivity index (χ1v) is 7.46. The van der Waals surface area contributed by atoms with E-state index in [4.69, 9.17) is 11.6 Å². The van der Waals surface area contributed by atoms with Crippen molar-refractivity contribution < 1.29 is 4.79 Å². The molecule has 1 saturated heterocycles. The number of H-pyrrole nitrogens is 2. The molecule has 1 aliphatic heterocycles. The average molecular weight is 322 g/mol. The summed E-state index contributed by atoms with van der Waals surface area (Å²) in [7, 11) is 0. The maximum atomic E-state index is 12.2. The number of carbonyl (C=O) groups excluding carboxylic acids is 1. The van der Waals surface area contributed by atoms with E-state index < -0.39 is 0 Å². The molecule has 2 amide bonds. The van der Waals surface area contributed by atoms with Gasteiger partial charge in [-0.2, -0.15) is 5.10 Å². The van der Waals surface area contributed by atoms with E-state index in [0.29, 0.717) is 29.6 Å². The van der Waals surface area contributed by atoms with Crippen molar-refractivity contribution in [1.29, 1.82) is 0 Å². The monoisotopic (exact) mass is 321 g/mol. The SMILES string of the molecule is O=C(Nc1ccc(Cl)cc1)N1CCC(c2n[nH]c(=O)[nH]2)CC1. The fraction of sp³-hybridized carbons (Fsp3) is 0.357. The Labute approximate surface area is 131 Å². The summed E-state index contributed by atoms with van der Waals surface area (Å²) in [6.07, 6.45) is 1.55. The first-order valence-electron chi connectivity index (χ1n) is 7.08. The predicted molar refractivity (Wildman–Crippen MR) is 83.2 cm³/mol. The van der Waals surface area contributed by atoms with Gasteiger partial charge in [-0.1, -0.05) is 11.6 Å². The number of urea groups is 1. The maximum Gasteiger partial charge on any atom is 0.340 e. The minimum absolute atomic E-state index is 0.128. The molecule has 0 atom stereocenters. The van der Waals surface area contributed by atoms with Crippen LogP contribution in [0.2, 0.25) is 5.02 Å². The Balaban J connectivity index is 1.55. The molecule has 0 aliphatic carbocycles. The molecular weight excluding hydrogens is 306 g/mol. The fourth-order valence-electron chi connectivity index (χ4n) is 2.57. The van der Waals surface area contributed by atoms with Crippen LogP contribution in [-0.2, 0) is 0 Å². The van der Waals surface area contributed by atoms with Gasteiger partial charge < -0.3 is 10.2 Å². The molecular formula is C14H16ClN5O2.